The van der Waals surface area contributed by atoms with Crippen LogP contribution in [0.4, 0.5) is 0 Å². The van der Waals surface area contributed by atoms with E-state index in [-0.39, 0.29) is 17.4 Å². The average Bonchev–Trinajstić information content (AvgIpc) is 2.58. The summed E-state index contributed by atoms with van der Waals surface area (Å²) in [5, 5.41) is 19.4. The third-order valence-corrected chi connectivity index (χ3v) is 4.73. The number of aliphatic hydroxyl groups is 1. The molecule has 2 aromatic rings. The van der Waals surface area contributed by atoms with Gasteiger partial charge in [-0.05, 0) is 41.6 Å². The van der Waals surface area contributed by atoms with Crippen molar-refractivity contribution in [2.45, 2.75) is 18.0 Å². The molecule has 0 amide bonds. The van der Waals surface area contributed by atoms with E-state index in [1.54, 1.807) is 23.9 Å². The number of thioether (sulfide) groups is 1. The van der Waals surface area contributed by atoms with Gasteiger partial charge in [-0.25, -0.2) is 0 Å². The molecule has 6 heteroatoms. The van der Waals surface area contributed by atoms with E-state index >= 15 is 0 Å². The highest BCUT2D eigenvalue weighted by molar-refractivity contribution is 7.98. The van der Waals surface area contributed by atoms with Crippen LogP contribution >= 0.6 is 23.4 Å². The zero-order valence-corrected chi connectivity index (χ0v) is 15.4. The quantitative estimate of drug-likeness (QED) is 0.695. The fourth-order valence-electron chi connectivity index (χ4n) is 2.48. The lowest BCUT2D eigenvalue weighted by Gasteiger charge is -2.22. The first kappa shape index (κ1) is 18.9. The lowest BCUT2D eigenvalue weighted by Crippen LogP contribution is -2.26. The van der Waals surface area contributed by atoms with Crippen molar-refractivity contribution in [3.8, 4) is 11.5 Å². The van der Waals surface area contributed by atoms with Gasteiger partial charge in [0.1, 0.15) is 0 Å². The Morgan fingerprint density at radius 2 is 1.79 bits per heavy atom. The molecule has 0 aliphatic carbocycles. The van der Waals surface area contributed by atoms with E-state index in [9.17, 15) is 10.2 Å². The van der Waals surface area contributed by atoms with Gasteiger partial charge in [0.05, 0.1) is 18.7 Å². The van der Waals surface area contributed by atoms with Crippen molar-refractivity contribution < 1.29 is 14.9 Å². The number of halogens is 1. The van der Waals surface area contributed by atoms with Gasteiger partial charge >= 0.3 is 0 Å². The third kappa shape index (κ3) is 5.05. The summed E-state index contributed by atoms with van der Waals surface area (Å²) in [5.74, 6) is 0.301. The minimum absolute atomic E-state index is 0.0516. The van der Waals surface area contributed by atoms with Gasteiger partial charge in [-0.1, -0.05) is 23.7 Å². The second-order valence-electron chi connectivity index (χ2n) is 5.41. The molecule has 0 saturated heterocycles. The largest absolute Gasteiger partial charge is 0.503 e. The number of phenols is 1. The standard InChI is InChI=1S/C18H22ClNO3S/c1-23-17-10-14(9-16(19)18(17)22)12-20(7-8-21)11-13-3-5-15(24-2)6-4-13/h3-6,9-10,21-22H,7-8,11-12H2,1-2H3. The molecule has 0 unspecified atom stereocenters. The van der Waals surface area contributed by atoms with E-state index in [0.717, 1.165) is 12.1 Å². The average molecular weight is 368 g/mol. The minimum atomic E-state index is -0.0516. The van der Waals surface area contributed by atoms with E-state index in [1.165, 1.54) is 17.6 Å². The maximum Gasteiger partial charge on any atom is 0.176 e. The van der Waals surface area contributed by atoms with E-state index in [4.69, 9.17) is 16.3 Å². The molecular weight excluding hydrogens is 346 g/mol. The van der Waals surface area contributed by atoms with Crippen LogP contribution in [0.1, 0.15) is 11.1 Å². The van der Waals surface area contributed by atoms with Crippen molar-refractivity contribution in [3.63, 3.8) is 0 Å². The van der Waals surface area contributed by atoms with Crippen LogP contribution in [0.5, 0.6) is 11.5 Å². The number of nitrogens with zero attached hydrogens (tertiary/aromatic N) is 1. The molecule has 0 fully saturated rings. The zero-order valence-electron chi connectivity index (χ0n) is 13.8. The molecule has 0 bridgehead atoms. The summed E-state index contributed by atoms with van der Waals surface area (Å²) < 4.78 is 5.15. The smallest absolute Gasteiger partial charge is 0.176 e. The number of rotatable bonds is 8. The summed E-state index contributed by atoms with van der Waals surface area (Å²) in [5.41, 5.74) is 2.10. The number of benzene rings is 2. The Balaban J connectivity index is 2.14. The third-order valence-electron chi connectivity index (χ3n) is 3.70. The van der Waals surface area contributed by atoms with Crippen LogP contribution in [-0.4, -0.2) is 41.6 Å². The van der Waals surface area contributed by atoms with Crippen molar-refractivity contribution in [1.82, 2.24) is 4.90 Å². The van der Waals surface area contributed by atoms with E-state index < -0.39 is 0 Å². The molecule has 0 spiro atoms. The number of hydrogen-bond acceptors (Lipinski definition) is 5. The van der Waals surface area contributed by atoms with Gasteiger partial charge in [0.25, 0.3) is 0 Å². The highest BCUT2D eigenvalue weighted by Gasteiger charge is 2.12. The first-order valence-corrected chi connectivity index (χ1v) is 9.19. The monoisotopic (exact) mass is 367 g/mol. The number of hydrogen-bond donors (Lipinski definition) is 2. The molecule has 130 valence electrons. The van der Waals surface area contributed by atoms with E-state index in [0.29, 0.717) is 18.8 Å². The van der Waals surface area contributed by atoms with Crippen molar-refractivity contribution in [2.24, 2.45) is 0 Å². The summed E-state index contributed by atoms with van der Waals surface area (Å²) in [6, 6.07) is 11.9. The molecular formula is C18H22ClNO3S. The minimum Gasteiger partial charge on any atom is -0.503 e. The van der Waals surface area contributed by atoms with Gasteiger partial charge < -0.3 is 14.9 Å². The first-order chi connectivity index (χ1) is 11.6. The van der Waals surface area contributed by atoms with Crippen LogP contribution in [0.25, 0.3) is 0 Å². The molecule has 2 aromatic carbocycles. The molecule has 2 rings (SSSR count). The fourth-order valence-corrected chi connectivity index (χ4v) is 3.12. The number of ether oxygens (including phenoxy) is 1. The highest BCUT2D eigenvalue weighted by atomic mass is 35.5. The van der Waals surface area contributed by atoms with Crippen LogP contribution in [0.3, 0.4) is 0 Å². The molecule has 0 aromatic heterocycles. The number of aromatic hydroxyl groups is 1. The fraction of sp³-hybridized carbons (Fsp3) is 0.333. The van der Waals surface area contributed by atoms with E-state index in [1.807, 2.05) is 0 Å². The van der Waals surface area contributed by atoms with Crippen LogP contribution in [0, 0.1) is 0 Å². The van der Waals surface area contributed by atoms with Crippen LogP contribution in [0.2, 0.25) is 5.02 Å². The summed E-state index contributed by atoms with van der Waals surface area (Å²) in [4.78, 5) is 3.35. The SMILES string of the molecule is COc1cc(CN(CCO)Cc2ccc(SC)cc2)cc(Cl)c1O. The maximum atomic E-state index is 9.83. The zero-order chi connectivity index (χ0) is 17.5. The van der Waals surface area contributed by atoms with Gasteiger partial charge in [-0.3, -0.25) is 4.90 Å². The molecule has 24 heavy (non-hydrogen) atoms. The lowest BCUT2D eigenvalue weighted by atomic mass is 10.1. The van der Waals surface area contributed by atoms with Crippen molar-refractivity contribution in [2.75, 3.05) is 26.5 Å². The predicted octanol–water partition coefficient (Wildman–Crippen LogP) is 3.77. The summed E-state index contributed by atoms with van der Waals surface area (Å²) in [6.07, 6.45) is 2.05. The normalized spacial score (nSPS) is 11.0. The molecule has 0 saturated carbocycles. The van der Waals surface area contributed by atoms with Gasteiger partial charge in [0.15, 0.2) is 11.5 Å². The van der Waals surface area contributed by atoms with Crippen LogP contribution in [-0.2, 0) is 13.1 Å². The number of aliphatic hydroxyl groups excluding tert-OH is 1. The van der Waals surface area contributed by atoms with E-state index in [2.05, 4.69) is 35.4 Å². The Bertz CT molecular complexity index is 664. The van der Waals surface area contributed by atoms with Gasteiger partial charge in [0, 0.05) is 24.5 Å². The first-order valence-electron chi connectivity index (χ1n) is 7.59. The van der Waals surface area contributed by atoms with Crippen molar-refractivity contribution in [3.05, 3.63) is 52.5 Å². The second kappa shape index (κ2) is 9.18. The summed E-state index contributed by atoms with van der Waals surface area (Å²) >= 11 is 7.76. The lowest BCUT2D eigenvalue weighted by molar-refractivity contribution is 0.184. The van der Waals surface area contributed by atoms with Gasteiger partial charge in [-0.15, -0.1) is 11.8 Å². The number of phenolic OH excluding ortho intramolecular Hbond substituents is 1. The van der Waals surface area contributed by atoms with Crippen LogP contribution in [0.15, 0.2) is 41.3 Å². The second-order valence-corrected chi connectivity index (χ2v) is 6.70. The molecule has 0 atom stereocenters. The number of methoxy groups -OCH3 is 1. The van der Waals surface area contributed by atoms with Crippen LogP contribution < -0.4 is 4.74 Å². The Hall–Kier alpha value is -1.40. The molecule has 4 nitrogen and oxygen atoms in total. The Morgan fingerprint density at radius 1 is 1.12 bits per heavy atom. The topological polar surface area (TPSA) is 52.9 Å². The molecule has 0 radical (unpaired) electrons. The van der Waals surface area contributed by atoms with Gasteiger partial charge in [0.2, 0.25) is 0 Å². The summed E-state index contributed by atoms with van der Waals surface area (Å²) in [7, 11) is 1.49. The van der Waals surface area contributed by atoms with Crippen molar-refractivity contribution >= 4 is 23.4 Å². The van der Waals surface area contributed by atoms with Gasteiger partial charge in [-0.2, -0.15) is 0 Å². The molecule has 2 N–H and O–H groups in total. The summed E-state index contributed by atoms with van der Waals surface area (Å²) in [6.45, 7) is 1.94. The Kier molecular flexibility index (Phi) is 7.24. The molecule has 0 aliphatic heterocycles. The van der Waals surface area contributed by atoms with Crippen molar-refractivity contribution in [1.29, 1.82) is 0 Å². The maximum absolute atomic E-state index is 9.83. The Morgan fingerprint density at radius 3 is 2.38 bits per heavy atom. The molecule has 0 heterocycles. The molecule has 0 aliphatic rings. The predicted molar refractivity (Wildman–Crippen MR) is 99.1 cm³/mol. The Labute approximate surface area is 152 Å². The highest BCUT2D eigenvalue weighted by Crippen LogP contribution is 2.35.